The molecule has 1 aromatic heterocycles. The number of carbonyl (C=O) groups excluding carboxylic acids is 1. The molecule has 2 aliphatic heterocycles. The van der Waals surface area contributed by atoms with E-state index < -0.39 is 5.60 Å². The zero-order valence-electron chi connectivity index (χ0n) is 14.6. The lowest BCUT2D eigenvalue weighted by molar-refractivity contribution is -0.137. The van der Waals surface area contributed by atoms with Gasteiger partial charge in [0.1, 0.15) is 6.04 Å². The van der Waals surface area contributed by atoms with Gasteiger partial charge in [0, 0.05) is 37.1 Å². The lowest BCUT2D eigenvalue weighted by Crippen LogP contribution is -2.51. The van der Waals surface area contributed by atoms with E-state index in [1.54, 1.807) is 12.4 Å². The summed E-state index contributed by atoms with van der Waals surface area (Å²) in [6.45, 7) is 1.11. The molecule has 6 heteroatoms. The number of likely N-dealkylation sites (tertiary alicyclic amines) is 1. The van der Waals surface area contributed by atoms with Crippen molar-refractivity contribution in [2.24, 2.45) is 0 Å². The molecule has 2 aromatic rings. The van der Waals surface area contributed by atoms with Crippen LogP contribution < -0.4 is 10.9 Å². The van der Waals surface area contributed by atoms with Crippen molar-refractivity contribution in [2.45, 2.75) is 36.9 Å². The highest BCUT2D eigenvalue weighted by Crippen LogP contribution is 2.33. The molecule has 3 N–H and O–H groups in total. The van der Waals surface area contributed by atoms with Crippen molar-refractivity contribution in [3.63, 3.8) is 0 Å². The number of carbonyl (C=O) groups is 1. The second-order valence-electron chi connectivity index (χ2n) is 7.14. The van der Waals surface area contributed by atoms with Crippen LogP contribution >= 0.6 is 0 Å². The van der Waals surface area contributed by atoms with Gasteiger partial charge in [0.2, 0.25) is 5.91 Å². The molecular formula is C20H24N4O2. The Morgan fingerprint density at radius 1 is 1.12 bits per heavy atom. The number of hydrogen-bond acceptors (Lipinski definition) is 5. The first-order valence-electron chi connectivity index (χ1n) is 9.13. The van der Waals surface area contributed by atoms with E-state index in [0.717, 1.165) is 12.0 Å². The number of rotatable bonds is 3. The maximum Gasteiger partial charge on any atom is 0.241 e. The van der Waals surface area contributed by atoms with Crippen LogP contribution in [0.25, 0.3) is 0 Å². The van der Waals surface area contributed by atoms with Gasteiger partial charge in [0.05, 0.1) is 5.60 Å². The number of benzene rings is 1. The van der Waals surface area contributed by atoms with Gasteiger partial charge in [-0.05, 0) is 30.9 Å². The second kappa shape index (κ2) is 7.15. The molecule has 1 aromatic carbocycles. The number of hydrogen-bond donors (Lipinski definition) is 3. The summed E-state index contributed by atoms with van der Waals surface area (Å²) in [5.41, 5.74) is 7.49. The molecule has 0 bridgehead atoms. The fraction of sp³-hybridized carbons (Fsp3) is 0.400. The Morgan fingerprint density at radius 2 is 1.88 bits per heavy atom. The van der Waals surface area contributed by atoms with Crippen LogP contribution in [-0.2, 0) is 10.4 Å². The molecule has 4 rings (SSSR count). The monoisotopic (exact) mass is 352 g/mol. The van der Waals surface area contributed by atoms with E-state index in [4.69, 9.17) is 0 Å². The van der Waals surface area contributed by atoms with Crippen LogP contribution in [-0.4, -0.2) is 40.0 Å². The van der Waals surface area contributed by atoms with E-state index in [1.807, 2.05) is 35.2 Å². The summed E-state index contributed by atoms with van der Waals surface area (Å²) in [5, 5.41) is 10.9. The normalized spacial score (nSPS) is 25.2. The number of pyridine rings is 1. The first-order chi connectivity index (χ1) is 12.7. The van der Waals surface area contributed by atoms with Gasteiger partial charge < -0.3 is 10.0 Å². The third kappa shape index (κ3) is 3.35. The lowest BCUT2D eigenvalue weighted by Gasteiger charge is -2.39. The lowest BCUT2D eigenvalue weighted by atomic mass is 9.85. The molecule has 0 saturated carbocycles. The predicted molar refractivity (Wildman–Crippen MR) is 97.8 cm³/mol. The standard InChI is InChI=1S/C20H24N4O2/c25-19(18-13-17(22-23-18)15-5-2-1-3-6-15)24-11-8-20(26,9-12-24)16-7-4-10-21-14-16/h1-7,10,14,17-18,22-23,26H,8-9,11-13H2. The van der Waals surface area contributed by atoms with Crippen LogP contribution in [0.2, 0.25) is 0 Å². The van der Waals surface area contributed by atoms with Gasteiger partial charge in [-0.25, -0.2) is 10.9 Å². The average Bonchev–Trinajstić information content (AvgIpc) is 3.20. The summed E-state index contributed by atoms with van der Waals surface area (Å²) in [5.74, 6) is 0.101. The van der Waals surface area contributed by atoms with Crippen molar-refractivity contribution in [3.8, 4) is 0 Å². The highest BCUT2D eigenvalue weighted by atomic mass is 16.3. The fourth-order valence-electron chi connectivity index (χ4n) is 3.87. The molecule has 0 spiro atoms. The Morgan fingerprint density at radius 3 is 2.58 bits per heavy atom. The van der Waals surface area contributed by atoms with E-state index in [-0.39, 0.29) is 18.0 Å². The summed E-state index contributed by atoms with van der Waals surface area (Å²) in [6, 6.07) is 13.8. The smallest absolute Gasteiger partial charge is 0.241 e. The molecule has 2 atom stereocenters. The number of aliphatic hydroxyl groups is 1. The van der Waals surface area contributed by atoms with Crippen molar-refractivity contribution in [2.75, 3.05) is 13.1 Å². The molecule has 2 saturated heterocycles. The Labute approximate surface area is 153 Å². The Balaban J connectivity index is 1.36. The first kappa shape index (κ1) is 17.1. The fourth-order valence-corrected chi connectivity index (χ4v) is 3.87. The molecule has 6 nitrogen and oxygen atoms in total. The molecule has 2 fully saturated rings. The SMILES string of the molecule is O=C(C1CC(c2ccccc2)NN1)N1CCC(O)(c2cccnc2)CC1. The minimum absolute atomic E-state index is 0.101. The number of amides is 1. The summed E-state index contributed by atoms with van der Waals surface area (Å²) in [4.78, 5) is 18.8. The molecule has 3 heterocycles. The van der Waals surface area contributed by atoms with E-state index in [0.29, 0.717) is 25.9 Å². The van der Waals surface area contributed by atoms with E-state index >= 15 is 0 Å². The third-order valence-corrected chi connectivity index (χ3v) is 5.50. The maximum absolute atomic E-state index is 12.9. The van der Waals surface area contributed by atoms with Gasteiger partial charge in [-0.3, -0.25) is 9.78 Å². The van der Waals surface area contributed by atoms with Crippen LogP contribution in [0, 0.1) is 0 Å². The second-order valence-corrected chi connectivity index (χ2v) is 7.14. The van der Waals surface area contributed by atoms with E-state index in [2.05, 4.69) is 28.0 Å². The van der Waals surface area contributed by atoms with Crippen LogP contribution in [0.4, 0.5) is 0 Å². The zero-order chi connectivity index (χ0) is 18.0. The van der Waals surface area contributed by atoms with Gasteiger partial charge >= 0.3 is 0 Å². The highest BCUT2D eigenvalue weighted by Gasteiger charge is 2.39. The minimum atomic E-state index is -0.890. The van der Waals surface area contributed by atoms with Crippen molar-refractivity contribution < 1.29 is 9.90 Å². The number of nitrogens with zero attached hydrogens (tertiary/aromatic N) is 2. The Kier molecular flexibility index (Phi) is 4.72. The van der Waals surface area contributed by atoms with Gasteiger partial charge in [-0.2, -0.15) is 0 Å². The summed E-state index contributed by atoms with van der Waals surface area (Å²) in [6.07, 6.45) is 5.21. The number of hydrazine groups is 1. The van der Waals surface area contributed by atoms with Gasteiger partial charge in [-0.15, -0.1) is 0 Å². The first-order valence-corrected chi connectivity index (χ1v) is 9.13. The minimum Gasteiger partial charge on any atom is -0.385 e. The summed E-state index contributed by atoms with van der Waals surface area (Å²) in [7, 11) is 0. The van der Waals surface area contributed by atoms with Gasteiger partial charge in [0.15, 0.2) is 0 Å². The highest BCUT2D eigenvalue weighted by molar-refractivity contribution is 5.82. The van der Waals surface area contributed by atoms with Gasteiger partial charge in [-0.1, -0.05) is 36.4 Å². The summed E-state index contributed by atoms with van der Waals surface area (Å²) >= 11 is 0. The quantitative estimate of drug-likeness (QED) is 0.780. The molecule has 2 unspecified atom stereocenters. The molecular weight excluding hydrogens is 328 g/mol. The van der Waals surface area contributed by atoms with Crippen molar-refractivity contribution in [3.05, 3.63) is 66.0 Å². The zero-order valence-corrected chi connectivity index (χ0v) is 14.6. The Hall–Kier alpha value is -2.28. The van der Waals surface area contributed by atoms with Crippen molar-refractivity contribution >= 4 is 5.91 Å². The van der Waals surface area contributed by atoms with Crippen molar-refractivity contribution in [1.82, 2.24) is 20.7 Å². The number of nitrogens with one attached hydrogen (secondary N) is 2. The predicted octanol–water partition coefficient (Wildman–Crippen LogP) is 1.50. The van der Waals surface area contributed by atoms with Crippen LogP contribution in [0.15, 0.2) is 54.9 Å². The molecule has 136 valence electrons. The molecule has 1 amide bonds. The van der Waals surface area contributed by atoms with Crippen molar-refractivity contribution in [1.29, 1.82) is 0 Å². The average molecular weight is 352 g/mol. The molecule has 2 aliphatic rings. The molecule has 26 heavy (non-hydrogen) atoms. The van der Waals surface area contributed by atoms with Gasteiger partial charge in [0.25, 0.3) is 0 Å². The third-order valence-electron chi connectivity index (χ3n) is 5.50. The van der Waals surface area contributed by atoms with Crippen LogP contribution in [0.1, 0.15) is 36.4 Å². The topological polar surface area (TPSA) is 77.5 Å². The number of piperidine rings is 1. The van der Waals surface area contributed by atoms with E-state index in [9.17, 15) is 9.90 Å². The van der Waals surface area contributed by atoms with E-state index in [1.165, 1.54) is 5.56 Å². The van der Waals surface area contributed by atoms with Crippen LogP contribution in [0.3, 0.4) is 0 Å². The summed E-state index contributed by atoms with van der Waals surface area (Å²) < 4.78 is 0. The molecule has 0 aliphatic carbocycles. The number of aromatic nitrogens is 1. The maximum atomic E-state index is 12.9. The Bertz CT molecular complexity index is 745. The largest absolute Gasteiger partial charge is 0.385 e. The molecule has 0 radical (unpaired) electrons. The van der Waals surface area contributed by atoms with Crippen LogP contribution in [0.5, 0.6) is 0 Å².